The Morgan fingerprint density at radius 3 is 2.55 bits per heavy atom. The topological polar surface area (TPSA) is 91.7 Å². The van der Waals surface area contributed by atoms with Crippen molar-refractivity contribution in [2.45, 2.75) is 33.0 Å². The first-order chi connectivity index (χ1) is 13.7. The summed E-state index contributed by atoms with van der Waals surface area (Å²) in [6.45, 7) is 5.46. The lowest BCUT2D eigenvalue weighted by atomic mass is 10.1. The van der Waals surface area contributed by atoms with E-state index in [9.17, 15) is 9.59 Å². The third-order valence-electron chi connectivity index (χ3n) is 3.67. The molecule has 7 heteroatoms. The molecule has 0 saturated heterocycles. The molecule has 0 aliphatic heterocycles. The molecule has 152 valence electrons. The molecule has 2 rings (SSSR count). The van der Waals surface area contributed by atoms with Crippen LogP contribution in [0, 0.1) is 11.3 Å². The largest absolute Gasteiger partial charge is 0.489 e. The molecule has 0 bridgehead atoms. The highest BCUT2D eigenvalue weighted by Gasteiger charge is 2.21. The number of nitrogens with zero attached hydrogens (tertiary/aromatic N) is 2. The Balaban J connectivity index is 1.91. The Bertz CT molecular complexity index is 913. The van der Waals surface area contributed by atoms with Gasteiger partial charge < -0.3 is 19.7 Å². The van der Waals surface area contributed by atoms with E-state index in [1.807, 2.05) is 6.07 Å². The van der Waals surface area contributed by atoms with Gasteiger partial charge in [0.25, 0.3) is 0 Å². The van der Waals surface area contributed by atoms with Crippen LogP contribution in [0.3, 0.4) is 0 Å². The number of carbonyl (C=O) groups is 2. The summed E-state index contributed by atoms with van der Waals surface area (Å²) >= 11 is 0. The first kappa shape index (κ1) is 21.8. The SMILES string of the molecule is CN(CC(=O)Nc1cccc(OCc2cccc(C#N)c2)c1)C(=O)OC(C)(C)C. The molecule has 2 amide bonds. The maximum atomic E-state index is 12.2. The van der Waals surface area contributed by atoms with Crippen LogP contribution in [0.2, 0.25) is 0 Å². The molecule has 0 saturated carbocycles. The molecule has 2 aromatic rings. The lowest BCUT2D eigenvalue weighted by Crippen LogP contribution is -2.38. The average molecular weight is 395 g/mol. The van der Waals surface area contributed by atoms with E-state index < -0.39 is 11.7 Å². The van der Waals surface area contributed by atoms with Crippen LogP contribution >= 0.6 is 0 Å². The number of carbonyl (C=O) groups excluding carboxylic acids is 2. The van der Waals surface area contributed by atoms with E-state index in [0.29, 0.717) is 23.6 Å². The molecule has 0 aliphatic carbocycles. The molecule has 0 aromatic heterocycles. The summed E-state index contributed by atoms with van der Waals surface area (Å²) in [5, 5.41) is 11.7. The molecule has 0 radical (unpaired) electrons. The van der Waals surface area contributed by atoms with Gasteiger partial charge in [-0.1, -0.05) is 18.2 Å². The molecule has 0 atom stereocenters. The number of anilines is 1. The quantitative estimate of drug-likeness (QED) is 0.800. The van der Waals surface area contributed by atoms with Crippen LogP contribution in [0.4, 0.5) is 10.5 Å². The molecule has 2 aromatic carbocycles. The molecule has 0 fully saturated rings. The van der Waals surface area contributed by atoms with Gasteiger partial charge in [-0.25, -0.2) is 4.79 Å². The summed E-state index contributed by atoms with van der Waals surface area (Å²) in [5.41, 5.74) is 1.37. The van der Waals surface area contributed by atoms with E-state index in [1.54, 1.807) is 63.2 Å². The Labute approximate surface area is 170 Å². The summed E-state index contributed by atoms with van der Waals surface area (Å²) < 4.78 is 11.0. The first-order valence-corrected chi connectivity index (χ1v) is 9.12. The monoisotopic (exact) mass is 395 g/mol. The van der Waals surface area contributed by atoms with E-state index in [1.165, 1.54) is 11.9 Å². The van der Waals surface area contributed by atoms with E-state index in [2.05, 4.69) is 11.4 Å². The Kier molecular flexibility index (Phi) is 7.21. The van der Waals surface area contributed by atoms with Crippen LogP contribution in [0.25, 0.3) is 0 Å². The van der Waals surface area contributed by atoms with E-state index >= 15 is 0 Å². The van der Waals surface area contributed by atoms with Gasteiger partial charge in [0.2, 0.25) is 5.91 Å². The summed E-state index contributed by atoms with van der Waals surface area (Å²) in [4.78, 5) is 25.4. The van der Waals surface area contributed by atoms with Gasteiger partial charge in [-0.15, -0.1) is 0 Å². The zero-order valence-electron chi connectivity index (χ0n) is 17.1. The third-order valence-corrected chi connectivity index (χ3v) is 3.67. The predicted molar refractivity (Wildman–Crippen MR) is 109 cm³/mol. The lowest BCUT2D eigenvalue weighted by molar-refractivity contribution is -0.117. The third kappa shape index (κ3) is 7.54. The lowest BCUT2D eigenvalue weighted by Gasteiger charge is -2.24. The van der Waals surface area contributed by atoms with E-state index in [4.69, 9.17) is 14.7 Å². The van der Waals surface area contributed by atoms with Gasteiger partial charge >= 0.3 is 6.09 Å². The molecular weight excluding hydrogens is 370 g/mol. The van der Waals surface area contributed by atoms with Gasteiger partial charge in [0.05, 0.1) is 11.6 Å². The minimum Gasteiger partial charge on any atom is -0.489 e. The Hall–Kier alpha value is -3.53. The van der Waals surface area contributed by atoms with Gasteiger partial charge in [0, 0.05) is 18.8 Å². The van der Waals surface area contributed by atoms with Crippen molar-refractivity contribution in [2.75, 3.05) is 18.9 Å². The maximum absolute atomic E-state index is 12.2. The molecule has 1 N–H and O–H groups in total. The highest BCUT2D eigenvalue weighted by molar-refractivity contribution is 5.94. The minimum absolute atomic E-state index is 0.138. The summed E-state index contributed by atoms with van der Waals surface area (Å²) in [6.07, 6.45) is -0.565. The molecule has 0 aliphatic rings. The maximum Gasteiger partial charge on any atom is 0.410 e. The fourth-order valence-electron chi connectivity index (χ4n) is 2.38. The Morgan fingerprint density at radius 2 is 1.86 bits per heavy atom. The fraction of sp³-hybridized carbons (Fsp3) is 0.318. The number of hydrogen-bond donors (Lipinski definition) is 1. The number of nitrogens with one attached hydrogen (secondary N) is 1. The van der Waals surface area contributed by atoms with E-state index in [-0.39, 0.29) is 12.5 Å². The highest BCUT2D eigenvalue weighted by atomic mass is 16.6. The van der Waals surface area contributed by atoms with Crippen LogP contribution in [0.1, 0.15) is 31.9 Å². The molecule has 29 heavy (non-hydrogen) atoms. The van der Waals surface area contributed by atoms with Gasteiger partial charge in [-0.05, 0) is 50.6 Å². The number of benzene rings is 2. The molecule has 0 spiro atoms. The first-order valence-electron chi connectivity index (χ1n) is 9.12. The van der Waals surface area contributed by atoms with Crippen molar-refractivity contribution >= 4 is 17.7 Å². The average Bonchev–Trinajstić information content (AvgIpc) is 2.65. The van der Waals surface area contributed by atoms with Crippen LogP contribution in [-0.4, -0.2) is 36.1 Å². The number of ether oxygens (including phenoxy) is 2. The second-order valence-electron chi connectivity index (χ2n) is 7.51. The summed E-state index contributed by atoms with van der Waals surface area (Å²) in [5.74, 6) is 0.225. The number of amides is 2. The zero-order chi connectivity index (χ0) is 21.4. The van der Waals surface area contributed by atoms with Crippen molar-refractivity contribution < 1.29 is 19.1 Å². The van der Waals surface area contributed by atoms with Crippen molar-refractivity contribution in [3.05, 3.63) is 59.7 Å². The van der Waals surface area contributed by atoms with Crippen molar-refractivity contribution in [1.82, 2.24) is 4.90 Å². The fourth-order valence-corrected chi connectivity index (χ4v) is 2.38. The Morgan fingerprint density at radius 1 is 1.14 bits per heavy atom. The van der Waals surface area contributed by atoms with Crippen molar-refractivity contribution in [1.29, 1.82) is 5.26 Å². The molecule has 7 nitrogen and oxygen atoms in total. The number of hydrogen-bond acceptors (Lipinski definition) is 5. The zero-order valence-corrected chi connectivity index (χ0v) is 17.1. The number of rotatable bonds is 6. The molecule has 0 unspecified atom stereocenters. The molecular formula is C22H25N3O4. The van der Waals surface area contributed by atoms with Crippen LogP contribution in [0.5, 0.6) is 5.75 Å². The van der Waals surface area contributed by atoms with Crippen molar-refractivity contribution in [2.24, 2.45) is 0 Å². The van der Waals surface area contributed by atoms with Crippen LogP contribution in [-0.2, 0) is 16.1 Å². The van der Waals surface area contributed by atoms with Gasteiger partial charge in [-0.3, -0.25) is 4.79 Å². The molecule has 0 heterocycles. The smallest absolute Gasteiger partial charge is 0.410 e. The number of likely N-dealkylation sites (N-methyl/N-ethyl adjacent to an activating group) is 1. The van der Waals surface area contributed by atoms with Crippen LogP contribution < -0.4 is 10.1 Å². The second-order valence-corrected chi connectivity index (χ2v) is 7.51. The van der Waals surface area contributed by atoms with Gasteiger partial charge in [0.1, 0.15) is 24.5 Å². The van der Waals surface area contributed by atoms with Crippen molar-refractivity contribution in [3.8, 4) is 11.8 Å². The van der Waals surface area contributed by atoms with Crippen LogP contribution in [0.15, 0.2) is 48.5 Å². The van der Waals surface area contributed by atoms with Crippen molar-refractivity contribution in [3.63, 3.8) is 0 Å². The minimum atomic E-state index is -0.625. The predicted octanol–water partition coefficient (Wildman–Crippen LogP) is 3.94. The standard InChI is InChI=1S/C22H25N3O4/c1-22(2,3)29-21(27)25(4)14-20(26)24-18-9-6-10-19(12-18)28-15-17-8-5-7-16(11-17)13-23/h5-12H,14-15H2,1-4H3,(H,24,26). The summed E-state index contributed by atoms with van der Waals surface area (Å²) in [6, 6.07) is 16.2. The summed E-state index contributed by atoms with van der Waals surface area (Å²) in [7, 11) is 1.50. The second kappa shape index (κ2) is 9.60. The highest BCUT2D eigenvalue weighted by Crippen LogP contribution is 2.19. The number of nitriles is 1. The van der Waals surface area contributed by atoms with E-state index in [0.717, 1.165) is 5.56 Å². The van der Waals surface area contributed by atoms with Gasteiger partial charge in [0.15, 0.2) is 0 Å². The normalized spacial score (nSPS) is 10.6. The van der Waals surface area contributed by atoms with Gasteiger partial charge in [-0.2, -0.15) is 5.26 Å².